The Hall–Kier alpha value is -2.24. The number of nitrogens with zero attached hydrogens (tertiary/aromatic N) is 4. The molecule has 0 fully saturated rings. The Balaban J connectivity index is 1.94. The highest BCUT2D eigenvalue weighted by atomic mass is 32.2. The van der Waals surface area contributed by atoms with Crippen molar-refractivity contribution in [1.29, 1.82) is 0 Å². The number of nitrogen functional groups attached to an aromatic ring is 1. The normalized spacial score (nSPS) is 11.6. The summed E-state index contributed by atoms with van der Waals surface area (Å²) < 4.78 is 42.4. The highest BCUT2D eigenvalue weighted by Gasteiger charge is 2.38. The molecule has 0 unspecified atom stereocenters. The first-order valence-corrected chi connectivity index (χ1v) is 6.39. The molecule has 0 saturated carbocycles. The molecule has 0 aliphatic rings. The van der Waals surface area contributed by atoms with Gasteiger partial charge in [-0.2, -0.15) is 13.2 Å². The minimum atomic E-state index is -4.71. The molecule has 0 atom stereocenters. The number of anilines is 1. The largest absolute Gasteiger partial charge is 0.453 e. The zero-order valence-corrected chi connectivity index (χ0v) is 11.3. The molecule has 21 heavy (non-hydrogen) atoms. The third-order valence-electron chi connectivity index (χ3n) is 2.15. The molecule has 12 heteroatoms. The minimum absolute atomic E-state index is 0.209. The van der Waals surface area contributed by atoms with E-state index in [1.807, 2.05) is 0 Å². The number of thioether (sulfide) groups is 1. The topological polar surface area (TPSA) is 112 Å². The van der Waals surface area contributed by atoms with Gasteiger partial charge in [0.05, 0.1) is 5.75 Å². The van der Waals surface area contributed by atoms with Crippen LogP contribution in [-0.4, -0.2) is 31.7 Å². The van der Waals surface area contributed by atoms with Crippen LogP contribution >= 0.6 is 11.8 Å². The first kappa shape index (κ1) is 15.2. The summed E-state index contributed by atoms with van der Waals surface area (Å²) in [4.78, 5) is 11.6. The van der Waals surface area contributed by atoms with Crippen molar-refractivity contribution >= 4 is 23.5 Å². The summed E-state index contributed by atoms with van der Waals surface area (Å²) in [6, 6.07) is 1.50. The van der Waals surface area contributed by atoms with Crippen molar-refractivity contribution in [2.75, 3.05) is 16.9 Å². The number of aromatic nitrogens is 4. The lowest BCUT2D eigenvalue weighted by Gasteiger charge is -2.05. The maximum Gasteiger partial charge on any atom is 0.453 e. The molecule has 0 spiro atoms. The summed E-state index contributed by atoms with van der Waals surface area (Å²) in [5.41, 5.74) is 0. The molecular weight excluding hydrogens is 313 g/mol. The lowest BCUT2D eigenvalue weighted by atomic mass is 10.5. The summed E-state index contributed by atoms with van der Waals surface area (Å²) in [5.74, 6) is 3.90. The maximum atomic E-state index is 12.4. The zero-order chi connectivity index (χ0) is 15.6. The highest BCUT2D eigenvalue weighted by Crippen LogP contribution is 2.28. The van der Waals surface area contributed by atoms with E-state index in [0.29, 0.717) is 17.5 Å². The molecule has 0 radical (unpaired) electrons. The highest BCUT2D eigenvalue weighted by molar-refractivity contribution is 7.99. The van der Waals surface area contributed by atoms with Gasteiger partial charge in [0.15, 0.2) is 5.82 Å². The zero-order valence-electron chi connectivity index (χ0n) is 10.5. The Morgan fingerprint density at radius 2 is 2.24 bits per heavy atom. The van der Waals surface area contributed by atoms with Gasteiger partial charge in [0.1, 0.15) is 5.76 Å². The third-order valence-corrected chi connectivity index (χ3v) is 3.09. The fraction of sp³-hybridized carbons (Fsp3) is 0.333. The predicted molar refractivity (Wildman–Crippen MR) is 65.8 cm³/mol. The molecule has 2 rings (SSSR count). The average molecular weight is 322 g/mol. The van der Waals surface area contributed by atoms with E-state index in [1.165, 1.54) is 6.07 Å². The van der Waals surface area contributed by atoms with Crippen LogP contribution in [0.2, 0.25) is 0 Å². The van der Waals surface area contributed by atoms with Crippen LogP contribution < -0.4 is 11.2 Å². The first-order valence-electron chi connectivity index (χ1n) is 5.41. The van der Waals surface area contributed by atoms with Gasteiger partial charge in [-0.1, -0.05) is 16.9 Å². The second-order valence-corrected chi connectivity index (χ2v) is 4.78. The lowest BCUT2D eigenvalue weighted by Crippen LogP contribution is -2.22. The van der Waals surface area contributed by atoms with E-state index in [9.17, 15) is 18.0 Å². The van der Waals surface area contributed by atoms with Gasteiger partial charge in [-0.15, -0.1) is 10.2 Å². The Morgan fingerprint density at radius 3 is 2.76 bits per heavy atom. The number of halogens is 3. The Labute approximate surface area is 119 Å². The molecular formula is C9H9F3N6O2S. The van der Waals surface area contributed by atoms with Crippen molar-refractivity contribution in [1.82, 2.24) is 20.0 Å². The first-order chi connectivity index (χ1) is 9.77. The second-order valence-electron chi connectivity index (χ2n) is 3.83. The molecule has 114 valence electrons. The van der Waals surface area contributed by atoms with Gasteiger partial charge < -0.3 is 15.7 Å². The van der Waals surface area contributed by atoms with Crippen LogP contribution in [0, 0.1) is 6.92 Å². The molecule has 2 aromatic heterocycles. The van der Waals surface area contributed by atoms with Crippen LogP contribution in [0.1, 0.15) is 11.6 Å². The summed E-state index contributed by atoms with van der Waals surface area (Å²) in [6.07, 6.45) is -4.71. The van der Waals surface area contributed by atoms with E-state index >= 15 is 0 Å². The van der Waals surface area contributed by atoms with Crippen LogP contribution in [0.5, 0.6) is 0 Å². The van der Waals surface area contributed by atoms with E-state index < -0.39 is 17.9 Å². The number of hydrogen-bond donors (Lipinski definition) is 2. The minimum Gasteiger partial charge on any atom is -0.360 e. The standard InChI is InChI=1S/C9H9F3N6O2S/c1-4-2-5(17-20-4)14-6(19)3-21-8-16-15-7(18(8)13)9(10,11)12/h2H,3,13H2,1H3,(H,14,17,19). The van der Waals surface area contributed by atoms with Crippen LogP contribution in [0.15, 0.2) is 15.7 Å². The molecule has 0 saturated heterocycles. The van der Waals surface area contributed by atoms with E-state index in [2.05, 4.69) is 20.7 Å². The molecule has 0 aliphatic heterocycles. The number of nitrogens with two attached hydrogens (primary N) is 1. The van der Waals surface area contributed by atoms with Crippen molar-refractivity contribution < 1.29 is 22.5 Å². The Bertz CT molecular complexity index is 652. The molecule has 2 heterocycles. The molecule has 3 N–H and O–H groups in total. The van der Waals surface area contributed by atoms with Crippen molar-refractivity contribution in [3.8, 4) is 0 Å². The molecule has 0 bridgehead atoms. The molecule has 8 nitrogen and oxygen atoms in total. The number of nitrogens with one attached hydrogen (secondary N) is 1. The molecule has 2 aromatic rings. The van der Waals surface area contributed by atoms with Crippen molar-refractivity contribution in [3.63, 3.8) is 0 Å². The predicted octanol–water partition coefficient (Wildman–Crippen LogP) is 1.04. The molecule has 0 aromatic carbocycles. The van der Waals surface area contributed by atoms with Gasteiger partial charge in [0, 0.05) is 6.07 Å². The monoisotopic (exact) mass is 322 g/mol. The van der Waals surface area contributed by atoms with E-state index in [0.717, 1.165) is 0 Å². The number of amides is 1. The number of hydrogen-bond acceptors (Lipinski definition) is 7. The Kier molecular flexibility index (Phi) is 4.06. The quantitative estimate of drug-likeness (QED) is 0.639. The fourth-order valence-electron chi connectivity index (χ4n) is 1.30. The summed E-state index contributed by atoms with van der Waals surface area (Å²) in [6.45, 7) is 1.65. The van der Waals surface area contributed by atoms with Gasteiger partial charge in [-0.3, -0.25) is 4.79 Å². The summed E-state index contributed by atoms with van der Waals surface area (Å²) >= 11 is 0.712. The number of alkyl halides is 3. The van der Waals surface area contributed by atoms with Crippen LogP contribution in [0.4, 0.5) is 19.0 Å². The summed E-state index contributed by atoms with van der Waals surface area (Å²) in [7, 11) is 0. The lowest BCUT2D eigenvalue weighted by molar-refractivity contribution is -0.146. The van der Waals surface area contributed by atoms with Gasteiger partial charge in [0.2, 0.25) is 11.1 Å². The van der Waals surface area contributed by atoms with Crippen molar-refractivity contribution in [3.05, 3.63) is 17.7 Å². The average Bonchev–Trinajstić information content (AvgIpc) is 2.92. The van der Waals surface area contributed by atoms with Crippen LogP contribution in [0.3, 0.4) is 0 Å². The van der Waals surface area contributed by atoms with E-state index in [4.69, 9.17) is 10.4 Å². The summed E-state index contributed by atoms with van der Waals surface area (Å²) in [5, 5.41) is 11.9. The SMILES string of the molecule is Cc1cc(NC(=O)CSc2nnc(C(F)(F)F)n2N)no1. The van der Waals surface area contributed by atoms with Gasteiger partial charge in [-0.05, 0) is 6.92 Å². The van der Waals surface area contributed by atoms with Crippen molar-refractivity contribution in [2.24, 2.45) is 0 Å². The maximum absolute atomic E-state index is 12.4. The van der Waals surface area contributed by atoms with E-state index in [1.54, 1.807) is 6.92 Å². The number of carbonyl (C=O) groups is 1. The van der Waals surface area contributed by atoms with E-state index in [-0.39, 0.29) is 21.4 Å². The fourth-order valence-corrected chi connectivity index (χ4v) is 1.96. The number of rotatable bonds is 4. The van der Waals surface area contributed by atoms with Gasteiger partial charge >= 0.3 is 6.18 Å². The molecule has 0 aliphatic carbocycles. The number of carbonyl (C=O) groups excluding carboxylic acids is 1. The molecule has 1 amide bonds. The second kappa shape index (κ2) is 5.63. The number of aryl methyl sites for hydroxylation is 1. The third kappa shape index (κ3) is 3.65. The van der Waals surface area contributed by atoms with Gasteiger partial charge in [0.25, 0.3) is 5.82 Å². The van der Waals surface area contributed by atoms with Crippen LogP contribution in [-0.2, 0) is 11.0 Å². The Morgan fingerprint density at radius 1 is 1.52 bits per heavy atom. The van der Waals surface area contributed by atoms with Gasteiger partial charge in [-0.25, -0.2) is 4.68 Å². The van der Waals surface area contributed by atoms with Crippen LogP contribution in [0.25, 0.3) is 0 Å². The van der Waals surface area contributed by atoms with Crippen molar-refractivity contribution in [2.45, 2.75) is 18.3 Å². The smallest absolute Gasteiger partial charge is 0.360 e.